The molecule has 0 atom stereocenters. The fourth-order valence-corrected chi connectivity index (χ4v) is 3.34. The Morgan fingerprint density at radius 2 is 1.46 bits per heavy atom. The minimum absolute atomic E-state index is 0.396. The molecular weight excluding hydrogens is 372 g/mol. The van der Waals surface area contributed by atoms with Gasteiger partial charge < -0.3 is 9.15 Å². The molecule has 0 saturated carbocycles. The Morgan fingerprint density at radius 1 is 0.821 bits per heavy atom. The van der Waals surface area contributed by atoms with Crippen LogP contribution in [0, 0.1) is 0 Å². The third-order valence-corrected chi connectivity index (χ3v) is 4.74. The molecule has 0 fully saturated rings. The molecule has 0 saturated heterocycles. The molecule has 0 aliphatic heterocycles. The van der Waals surface area contributed by atoms with Gasteiger partial charge in [-0.2, -0.15) is 0 Å². The number of benzene rings is 3. The molecule has 0 unspecified atom stereocenters. The Balaban J connectivity index is 1.97. The summed E-state index contributed by atoms with van der Waals surface area (Å²) in [5.74, 6) is 0.964. The van der Waals surface area contributed by atoms with Gasteiger partial charge in [-0.25, -0.2) is 4.79 Å². The molecule has 1 aromatic heterocycles. The average molecular weight is 389 g/mol. The van der Waals surface area contributed by atoms with Gasteiger partial charge in [-0.15, -0.1) is 0 Å². The minimum atomic E-state index is -0.445. The fourth-order valence-electron chi connectivity index (χ4n) is 3.17. The second-order valence-electron chi connectivity index (χ2n) is 6.27. The summed E-state index contributed by atoms with van der Waals surface area (Å²) in [6, 6.07) is 26.8. The first-order chi connectivity index (χ1) is 13.7. The van der Waals surface area contributed by atoms with Crippen LogP contribution in [-0.2, 0) is 4.74 Å². The van der Waals surface area contributed by atoms with Crippen LogP contribution in [0.5, 0.6) is 0 Å². The molecule has 0 spiro atoms. The predicted octanol–water partition coefficient (Wildman–Crippen LogP) is 6.72. The van der Waals surface area contributed by atoms with E-state index in [4.69, 9.17) is 20.8 Å². The molecule has 0 radical (unpaired) electrons. The van der Waals surface area contributed by atoms with Crippen LogP contribution in [0.3, 0.4) is 0 Å². The van der Waals surface area contributed by atoms with Crippen molar-refractivity contribution in [2.24, 2.45) is 0 Å². The standard InChI is InChI=1S/C24H17ClO3/c1-27-24(26)21-14-18(25)12-13-19(21)20-15-22(16-8-4-2-5-9-16)28-23(20)17-10-6-3-7-11-17/h2-15H,1H3. The van der Waals surface area contributed by atoms with Gasteiger partial charge in [-0.1, -0.05) is 78.3 Å². The highest BCUT2D eigenvalue weighted by Gasteiger charge is 2.21. The first-order valence-electron chi connectivity index (χ1n) is 8.80. The zero-order valence-corrected chi connectivity index (χ0v) is 15.9. The van der Waals surface area contributed by atoms with Crippen LogP contribution >= 0.6 is 11.6 Å². The summed E-state index contributed by atoms with van der Waals surface area (Å²) in [5.41, 5.74) is 3.79. The highest BCUT2D eigenvalue weighted by molar-refractivity contribution is 6.31. The Labute approximate surface area is 168 Å². The first kappa shape index (κ1) is 18.1. The summed E-state index contributed by atoms with van der Waals surface area (Å²) < 4.78 is 11.2. The molecule has 3 nitrogen and oxygen atoms in total. The maximum atomic E-state index is 12.4. The lowest BCUT2D eigenvalue weighted by atomic mass is 9.97. The van der Waals surface area contributed by atoms with Crippen LogP contribution in [0.1, 0.15) is 10.4 Å². The highest BCUT2D eigenvalue weighted by atomic mass is 35.5. The maximum absolute atomic E-state index is 12.4. The Hall–Kier alpha value is -3.30. The van der Waals surface area contributed by atoms with Gasteiger partial charge in [0.2, 0.25) is 0 Å². The number of methoxy groups -OCH3 is 1. The van der Waals surface area contributed by atoms with Crippen LogP contribution < -0.4 is 0 Å². The second-order valence-corrected chi connectivity index (χ2v) is 6.70. The predicted molar refractivity (Wildman–Crippen MR) is 111 cm³/mol. The van der Waals surface area contributed by atoms with E-state index in [-0.39, 0.29) is 0 Å². The summed E-state index contributed by atoms with van der Waals surface area (Å²) in [6.07, 6.45) is 0. The lowest BCUT2D eigenvalue weighted by molar-refractivity contribution is 0.0601. The zero-order chi connectivity index (χ0) is 19.5. The Kier molecular flexibility index (Phi) is 5.00. The minimum Gasteiger partial charge on any atom is -0.465 e. The van der Waals surface area contributed by atoms with Gasteiger partial charge in [0.25, 0.3) is 0 Å². The van der Waals surface area contributed by atoms with Crippen molar-refractivity contribution in [1.29, 1.82) is 0 Å². The number of carbonyl (C=O) groups is 1. The van der Waals surface area contributed by atoms with Crippen LogP contribution in [0.15, 0.2) is 89.3 Å². The number of rotatable bonds is 4. The van der Waals surface area contributed by atoms with E-state index in [1.807, 2.05) is 72.8 Å². The third kappa shape index (κ3) is 3.45. The fraction of sp³-hybridized carbons (Fsp3) is 0.0417. The maximum Gasteiger partial charge on any atom is 0.338 e. The zero-order valence-electron chi connectivity index (χ0n) is 15.2. The molecule has 28 heavy (non-hydrogen) atoms. The van der Waals surface area contributed by atoms with E-state index >= 15 is 0 Å². The van der Waals surface area contributed by atoms with Gasteiger partial charge in [-0.3, -0.25) is 0 Å². The van der Waals surface area contributed by atoms with E-state index in [0.717, 1.165) is 22.5 Å². The molecule has 4 heteroatoms. The average Bonchev–Trinajstić information content (AvgIpc) is 3.19. The van der Waals surface area contributed by atoms with Gasteiger partial charge in [-0.05, 0) is 18.2 Å². The molecule has 0 bridgehead atoms. The van der Waals surface area contributed by atoms with Crippen LogP contribution in [-0.4, -0.2) is 13.1 Å². The van der Waals surface area contributed by atoms with Crippen molar-refractivity contribution in [1.82, 2.24) is 0 Å². The molecule has 0 aliphatic carbocycles. The molecule has 0 N–H and O–H groups in total. The largest absolute Gasteiger partial charge is 0.465 e. The molecule has 4 aromatic rings. The van der Waals surface area contributed by atoms with Crippen molar-refractivity contribution >= 4 is 17.6 Å². The molecule has 0 aliphatic rings. The number of hydrogen-bond acceptors (Lipinski definition) is 3. The molecule has 0 amide bonds. The van der Waals surface area contributed by atoms with Gasteiger partial charge in [0.1, 0.15) is 11.5 Å². The van der Waals surface area contributed by atoms with Crippen LogP contribution in [0.25, 0.3) is 33.8 Å². The highest BCUT2D eigenvalue weighted by Crippen LogP contribution is 2.40. The smallest absolute Gasteiger partial charge is 0.338 e. The summed E-state index contributed by atoms with van der Waals surface area (Å²) in [5, 5.41) is 0.470. The van der Waals surface area contributed by atoms with E-state index in [1.165, 1.54) is 7.11 Å². The Bertz CT molecular complexity index is 1120. The number of hydrogen-bond donors (Lipinski definition) is 0. The second kappa shape index (κ2) is 7.75. The van der Waals surface area contributed by atoms with Gasteiger partial charge in [0.15, 0.2) is 0 Å². The number of halogens is 1. The van der Waals surface area contributed by atoms with Crippen LogP contribution in [0.4, 0.5) is 0 Å². The van der Waals surface area contributed by atoms with Crippen molar-refractivity contribution in [3.63, 3.8) is 0 Å². The quantitative estimate of drug-likeness (QED) is 0.364. The molecule has 1 heterocycles. The topological polar surface area (TPSA) is 39.4 Å². The number of furan rings is 1. The summed E-state index contributed by atoms with van der Waals surface area (Å²) in [7, 11) is 1.36. The van der Waals surface area contributed by atoms with E-state index < -0.39 is 5.97 Å². The van der Waals surface area contributed by atoms with Crippen molar-refractivity contribution in [2.75, 3.05) is 7.11 Å². The SMILES string of the molecule is COC(=O)c1cc(Cl)ccc1-c1cc(-c2ccccc2)oc1-c1ccccc1. The summed E-state index contributed by atoms with van der Waals surface area (Å²) in [6.45, 7) is 0. The Morgan fingerprint density at radius 3 is 2.11 bits per heavy atom. The monoisotopic (exact) mass is 388 g/mol. The third-order valence-electron chi connectivity index (χ3n) is 4.50. The van der Waals surface area contributed by atoms with Crippen molar-refractivity contribution < 1.29 is 13.9 Å². The normalized spacial score (nSPS) is 10.6. The lowest BCUT2D eigenvalue weighted by Gasteiger charge is -2.09. The van der Waals surface area contributed by atoms with Crippen molar-refractivity contribution in [3.8, 4) is 33.8 Å². The van der Waals surface area contributed by atoms with E-state index in [1.54, 1.807) is 12.1 Å². The van der Waals surface area contributed by atoms with Gasteiger partial charge in [0.05, 0.1) is 12.7 Å². The van der Waals surface area contributed by atoms with Crippen LogP contribution in [0.2, 0.25) is 5.02 Å². The summed E-state index contributed by atoms with van der Waals surface area (Å²) >= 11 is 6.13. The van der Waals surface area contributed by atoms with Gasteiger partial charge >= 0.3 is 5.97 Å². The summed E-state index contributed by atoms with van der Waals surface area (Å²) in [4.78, 5) is 12.4. The molecule has 138 valence electrons. The first-order valence-corrected chi connectivity index (χ1v) is 9.18. The molecular formula is C24H17ClO3. The van der Waals surface area contributed by atoms with E-state index in [9.17, 15) is 4.79 Å². The number of esters is 1. The van der Waals surface area contributed by atoms with Crippen molar-refractivity contribution in [2.45, 2.75) is 0 Å². The van der Waals surface area contributed by atoms with E-state index in [2.05, 4.69) is 0 Å². The number of ether oxygens (including phenoxy) is 1. The number of carbonyl (C=O) groups excluding carboxylic acids is 1. The molecule has 4 rings (SSSR count). The van der Waals surface area contributed by atoms with E-state index in [0.29, 0.717) is 21.9 Å². The molecule has 3 aromatic carbocycles. The lowest BCUT2D eigenvalue weighted by Crippen LogP contribution is -2.03. The van der Waals surface area contributed by atoms with Crippen molar-refractivity contribution in [3.05, 3.63) is 95.5 Å². The van der Waals surface area contributed by atoms with Gasteiger partial charge in [0, 0.05) is 27.3 Å².